The second-order valence-electron chi connectivity index (χ2n) is 6.39. The lowest BCUT2D eigenvalue weighted by atomic mass is 9.94. The van der Waals surface area contributed by atoms with Gasteiger partial charge in [0.1, 0.15) is 0 Å². The molecule has 0 aromatic carbocycles. The third-order valence-electron chi connectivity index (χ3n) is 4.48. The van der Waals surface area contributed by atoms with Gasteiger partial charge in [0, 0.05) is 25.4 Å². The number of aromatic nitrogens is 2. The quantitative estimate of drug-likeness (QED) is 0.813. The first-order valence-corrected chi connectivity index (χ1v) is 8.85. The molecule has 1 amide bonds. The van der Waals surface area contributed by atoms with E-state index in [9.17, 15) is 4.79 Å². The van der Waals surface area contributed by atoms with Crippen LogP contribution in [0.3, 0.4) is 0 Å². The Morgan fingerprint density at radius 3 is 2.96 bits per heavy atom. The summed E-state index contributed by atoms with van der Waals surface area (Å²) in [5, 5.41) is 4.06. The summed E-state index contributed by atoms with van der Waals surface area (Å²) in [5.74, 6) is 2.75. The van der Waals surface area contributed by atoms with Gasteiger partial charge in [-0.15, -0.1) is 0 Å². The predicted molar refractivity (Wildman–Crippen MR) is 85.0 cm³/mol. The van der Waals surface area contributed by atoms with Gasteiger partial charge >= 0.3 is 0 Å². The van der Waals surface area contributed by atoms with Crippen LogP contribution in [0.2, 0.25) is 0 Å². The Morgan fingerprint density at radius 2 is 2.22 bits per heavy atom. The summed E-state index contributed by atoms with van der Waals surface area (Å²) < 4.78 is 11.3. The van der Waals surface area contributed by atoms with Crippen molar-refractivity contribution in [2.45, 2.75) is 38.0 Å². The van der Waals surface area contributed by atoms with Gasteiger partial charge in [-0.25, -0.2) is 0 Å². The first-order chi connectivity index (χ1) is 11.2. The number of hydrogen-bond donors (Lipinski definition) is 0. The van der Waals surface area contributed by atoms with Crippen LogP contribution in [0.5, 0.6) is 0 Å². The lowest BCUT2D eigenvalue weighted by Gasteiger charge is -2.31. The summed E-state index contributed by atoms with van der Waals surface area (Å²) in [6.45, 7) is 1.48. The second kappa shape index (κ2) is 6.11. The van der Waals surface area contributed by atoms with Gasteiger partial charge in [-0.2, -0.15) is 4.98 Å². The minimum absolute atomic E-state index is 0.0513. The number of furan rings is 1. The Labute approximate surface area is 142 Å². The zero-order valence-electron chi connectivity index (χ0n) is 12.7. The van der Waals surface area contributed by atoms with Crippen LogP contribution in [-0.4, -0.2) is 34.0 Å². The van der Waals surface area contributed by atoms with Gasteiger partial charge in [-0.3, -0.25) is 4.79 Å². The fraction of sp³-hybridized carbons (Fsp3) is 0.562. The number of halogens is 1. The lowest BCUT2D eigenvalue weighted by molar-refractivity contribution is 0.0635. The molecule has 1 saturated carbocycles. The van der Waals surface area contributed by atoms with Crippen LogP contribution >= 0.6 is 15.9 Å². The molecule has 0 radical (unpaired) electrons. The molecule has 23 heavy (non-hydrogen) atoms. The SMILES string of the molecule is O=C(c1ccc(Br)o1)N1CCCC(Cc2nc(C3CC3)no2)C1. The smallest absolute Gasteiger partial charge is 0.289 e. The molecule has 4 rings (SSSR count). The maximum Gasteiger partial charge on any atom is 0.289 e. The standard InChI is InChI=1S/C16H18BrN3O3/c17-13-6-5-12(22-13)16(21)20-7-1-2-10(9-20)8-14-18-15(19-23-14)11-3-4-11/h5-6,10-11H,1-4,7-9H2. The number of piperidine rings is 1. The number of nitrogens with zero attached hydrogens (tertiary/aromatic N) is 3. The van der Waals surface area contributed by atoms with Crippen LogP contribution in [0, 0.1) is 5.92 Å². The highest BCUT2D eigenvalue weighted by Crippen LogP contribution is 2.38. The van der Waals surface area contributed by atoms with E-state index in [2.05, 4.69) is 26.1 Å². The van der Waals surface area contributed by atoms with Crippen LogP contribution < -0.4 is 0 Å². The van der Waals surface area contributed by atoms with Crippen LogP contribution in [0.25, 0.3) is 0 Å². The van der Waals surface area contributed by atoms with E-state index in [4.69, 9.17) is 8.94 Å². The van der Waals surface area contributed by atoms with E-state index in [0.717, 1.165) is 31.6 Å². The molecule has 3 heterocycles. The minimum atomic E-state index is -0.0513. The lowest BCUT2D eigenvalue weighted by Crippen LogP contribution is -2.40. The van der Waals surface area contributed by atoms with E-state index in [1.54, 1.807) is 12.1 Å². The van der Waals surface area contributed by atoms with E-state index in [0.29, 0.717) is 34.7 Å². The molecule has 1 unspecified atom stereocenters. The molecule has 2 aliphatic rings. The van der Waals surface area contributed by atoms with Gasteiger partial charge in [-0.05, 0) is 59.7 Å². The van der Waals surface area contributed by atoms with E-state index >= 15 is 0 Å². The van der Waals surface area contributed by atoms with Crippen molar-refractivity contribution in [3.63, 3.8) is 0 Å². The highest BCUT2D eigenvalue weighted by Gasteiger charge is 2.30. The zero-order valence-corrected chi connectivity index (χ0v) is 14.3. The highest BCUT2D eigenvalue weighted by molar-refractivity contribution is 9.10. The maximum atomic E-state index is 12.5. The third kappa shape index (κ3) is 3.34. The van der Waals surface area contributed by atoms with Crippen molar-refractivity contribution >= 4 is 21.8 Å². The van der Waals surface area contributed by atoms with Crippen LogP contribution in [0.4, 0.5) is 0 Å². The summed E-state index contributed by atoms with van der Waals surface area (Å²) >= 11 is 3.23. The Morgan fingerprint density at radius 1 is 1.35 bits per heavy atom. The summed E-state index contributed by atoms with van der Waals surface area (Å²) in [4.78, 5) is 18.8. The molecule has 1 atom stereocenters. The van der Waals surface area contributed by atoms with Crippen molar-refractivity contribution in [3.8, 4) is 0 Å². The topological polar surface area (TPSA) is 72.4 Å². The van der Waals surface area contributed by atoms with E-state index in [-0.39, 0.29) is 5.91 Å². The molecule has 1 saturated heterocycles. The minimum Gasteiger partial charge on any atom is -0.444 e. The van der Waals surface area contributed by atoms with Crippen molar-refractivity contribution in [1.82, 2.24) is 15.0 Å². The molecule has 1 aliphatic heterocycles. The molecular weight excluding hydrogens is 362 g/mol. The summed E-state index contributed by atoms with van der Waals surface area (Å²) in [7, 11) is 0. The molecule has 6 nitrogen and oxygen atoms in total. The molecule has 0 bridgehead atoms. The molecule has 7 heteroatoms. The van der Waals surface area contributed by atoms with Crippen LogP contribution in [-0.2, 0) is 6.42 Å². The first kappa shape index (κ1) is 14.9. The molecule has 2 aromatic heterocycles. The molecule has 122 valence electrons. The van der Waals surface area contributed by atoms with Crippen molar-refractivity contribution in [3.05, 3.63) is 34.3 Å². The average molecular weight is 380 g/mol. The summed E-state index contributed by atoms with van der Waals surface area (Å²) in [6.07, 6.45) is 5.15. The van der Waals surface area contributed by atoms with E-state index < -0.39 is 0 Å². The van der Waals surface area contributed by atoms with Gasteiger partial charge in [0.2, 0.25) is 5.89 Å². The van der Waals surface area contributed by atoms with E-state index in [1.807, 2.05) is 4.90 Å². The second-order valence-corrected chi connectivity index (χ2v) is 7.17. The monoisotopic (exact) mass is 379 g/mol. The highest BCUT2D eigenvalue weighted by atomic mass is 79.9. The van der Waals surface area contributed by atoms with Gasteiger partial charge in [-0.1, -0.05) is 5.16 Å². The zero-order chi connectivity index (χ0) is 15.8. The predicted octanol–water partition coefficient (Wildman–Crippen LogP) is 3.40. The van der Waals surface area contributed by atoms with Gasteiger partial charge in [0.05, 0.1) is 0 Å². The van der Waals surface area contributed by atoms with Gasteiger partial charge < -0.3 is 13.8 Å². The average Bonchev–Trinajstić information content (AvgIpc) is 3.16. The van der Waals surface area contributed by atoms with Crippen molar-refractivity contribution < 1.29 is 13.7 Å². The van der Waals surface area contributed by atoms with Crippen LogP contribution in [0.1, 0.15) is 53.9 Å². The Balaban J connectivity index is 1.39. The number of amides is 1. The molecule has 1 aliphatic carbocycles. The Bertz CT molecular complexity index is 707. The normalized spacial score (nSPS) is 21.6. The number of carbonyl (C=O) groups is 1. The van der Waals surface area contributed by atoms with Crippen molar-refractivity contribution in [1.29, 1.82) is 0 Å². The third-order valence-corrected chi connectivity index (χ3v) is 4.91. The van der Waals surface area contributed by atoms with Crippen molar-refractivity contribution in [2.24, 2.45) is 5.92 Å². The van der Waals surface area contributed by atoms with Gasteiger partial charge in [0.15, 0.2) is 16.3 Å². The molecular formula is C16H18BrN3O3. The number of rotatable bonds is 4. The van der Waals surface area contributed by atoms with Gasteiger partial charge in [0.25, 0.3) is 5.91 Å². The number of likely N-dealkylation sites (tertiary alicyclic amines) is 1. The van der Waals surface area contributed by atoms with Crippen molar-refractivity contribution in [2.75, 3.05) is 13.1 Å². The summed E-state index contributed by atoms with van der Waals surface area (Å²) in [5.41, 5.74) is 0. The number of hydrogen-bond acceptors (Lipinski definition) is 5. The molecule has 2 fully saturated rings. The maximum absolute atomic E-state index is 12.5. The fourth-order valence-electron chi connectivity index (χ4n) is 3.11. The fourth-order valence-corrected chi connectivity index (χ4v) is 3.41. The summed E-state index contributed by atoms with van der Waals surface area (Å²) in [6, 6.07) is 3.45. The van der Waals surface area contributed by atoms with E-state index in [1.165, 1.54) is 12.8 Å². The number of carbonyl (C=O) groups excluding carboxylic acids is 1. The molecule has 2 aromatic rings. The molecule has 0 N–H and O–H groups in total. The van der Waals surface area contributed by atoms with Crippen LogP contribution in [0.15, 0.2) is 25.7 Å². The largest absolute Gasteiger partial charge is 0.444 e. The Hall–Kier alpha value is -1.63. The molecule has 0 spiro atoms. The Kier molecular flexibility index (Phi) is 3.97. The first-order valence-electron chi connectivity index (χ1n) is 8.06.